The second kappa shape index (κ2) is 38.6. The van der Waals surface area contributed by atoms with Gasteiger partial charge in [0.25, 0.3) is 11.6 Å². The van der Waals surface area contributed by atoms with Crippen molar-refractivity contribution in [2.75, 3.05) is 107 Å². The number of aromatic nitrogens is 5. The fourth-order valence-electron chi connectivity index (χ4n) is 9.33. The van der Waals surface area contributed by atoms with Crippen molar-refractivity contribution in [3.05, 3.63) is 70.6 Å². The smallest absolute Gasteiger partial charge is 0.550 e. The SMILES string of the molecule is CC(=O)[O-].CC(=O)[O-].CCC1=C(CC)c2cc3[nH]c(cnc4cc(OCCOCCOCCOC)c(OCCOCCOCCOC)cc4ncc4nc(cc1n2)C(CCCN1C(=O)NC(O)C(=O)C1=O)=C4C)c(C)c3CCCN1C(=O)NC(O)C(=O)C1=O.[Gd+2]. The molecule has 4 aliphatic heterocycles. The zero-order chi connectivity index (χ0) is 65.2. The molecule has 90 heavy (non-hydrogen) atoms. The number of carboxylic acid groups (broad SMARTS) is 2. The molecule has 6 bridgehead atoms. The van der Waals surface area contributed by atoms with Gasteiger partial charge in [-0.25, -0.2) is 19.6 Å². The predicted molar refractivity (Wildman–Crippen MR) is 315 cm³/mol. The number of nitrogens with zero attached hydrogens (tertiary/aromatic N) is 6. The van der Waals surface area contributed by atoms with Crippen LogP contribution in [0.2, 0.25) is 0 Å². The molecule has 1 aromatic carbocycles. The van der Waals surface area contributed by atoms with E-state index in [2.05, 4.69) is 15.6 Å². The molecule has 6 heterocycles. The Labute approximate surface area is 551 Å². The topological polar surface area (TPSA) is 395 Å². The van der Waals surface area contributed by atoms with Crippen LogP contribution in [0.25, 0.3) is 44.4 Å². The first kappa shape index (κ1) is 75.4. The van der Waals surface area contributed by atoms with E-state index in [9.17, 15) is 39.0 Å². The Morgan fingerprint density at radius 1 is 0.556 bits per heavy atom. The Balaban J connectivity index is 0.00000181. The molecule has 2 saturated heterocycles. The Hall–Kier alpha value is -7.10. The van der Waals surface area contributed by atoms with Crippen LogP contribution in [0, 0.1) is 46.9 Å². The summed E-state index contributed by atoms with van der Waals surface area (Å²) in [7, 11) is 3.20. The van der Waals surface area contributed by atoms with Crippen LogP contribution in [0.4, 0.5) is 9.59 Å². The molecule has 5 N–H and O–H groups in total. The first-order chi connectivity index (χ1) is 42.6. The number of allylic oxidation sites excluding steroid dienone is 4. The number of aliphatic carboxylic acids is 2. The van der Waals surface area contributed by atoms with Crippen molar-refractivity contribution in [1.29, 1.82) is 0 Å². The molecule has 4 aliphatic rings. The first-order valence-electron chi connectivity index (χ1n) is 28.8. The summed E-state index contributed by atoms with van der Waals surface area (Å²) in [5.41, 5.74) is 9.69. The van der Waals surface area contributed by atoms with Crippen molar-refractivity contribution in [3.8, 4) is 11.5 Å². The van der Waals surface area contributed by atoms with E-state index in [1.807, 2.05) is 39.8 Å². The van der Waals surface area contributed by atoms with Gasteiger partial charge in [-0.2, -0.15) is 0 Å². The van der Waals surface area contributed by atoms with Gasteiger partial charge in [0.05, 0.1) is 118 Å². The number of amides is 6. The number of benzene rings is 1. The molecule has 0 aliphatic carbocycles. The molecule has 30 heteroatoms. The number of H-pyrrole nitrogens is 1. The molecule has 2 atom stereocenters. The Bertz CT molecular complexity index is 3300. The second-order valence-corrected chi connectivity index (χ2v) is 19.8. The minimum absolute atomic E-state index is 0. The van der Waals surface area contributed by atoms with Crippen LogP contribution in [-0.4, -0.2) is 211 Å². The third-order valence-electron chi connectivity index (χ3n) is 13.6. The van der Waals surface area contributed by atoms with E-state index in [1.54, 1.807) is 38.7 Å². The molecule has 0 radical (unpaired) electrons. The molecule has 2 aromatic heterocycles. The second-order valence-electron chi connectivity index (χ2n) is 19.8. The molecular weight excluding hydrogens is 1320 g/mol. The predicted octanol–water partition coefficient (Wildman–Crippen LogP) is 1.53. The van der Waals surface area contributed by atoms with Crippen LogP contribution in [0.3, 0.4) is 0 Å². The first-order valence-corrected chi connectivity index (χ1v) is 28.8. The van der Waals surface area contributed by atoms with E-state index in [-0.39, 0.29) is 92.3 Å². The van der Waals surface area contributed by atoms with Crippen molar-refractivity contribution < 1.29 is 137 Å². The third kappa shape index (κ3) is 22.1. The number of aliphatic hydroxyl groups is 2. The fourth-order valence-corrected chi connectivity index (χ4v) is 9.33. The number of aryl methyl sites for hydroxylation is 2. The average Bonchev–Trinajstić information content (AvgIpc) is 1.63. The number of fused-ring (bicyclic) bond motifs is 7. The Morgan fingerprint density at radius 2 is 0.956 bits per heavy atom. The van der Waals surface area contributed by atoms with Gasteiger partial charge in [0, 0.05) is 56.9 Å². The summed E-state index contributed by atoms with van der Waals surface area (Å²) < 4.78 is 45.4. The number of carbonyl (C=O) groups excluding carboxylic acids is 8. The van der Waals surface area contributed by atoms with Gasteiger partial charge in [-0.1, -0.05) is 13.8 Å². The summed E-state index contributed by atoms with van der Waals surface area (Å²) in [5.74, 6) is -5.94. The number of rotatable bonds is 30. The van der Waals surface area contributed by atoms with Crippen LogP contribution in [0.15, 0.2) is 36.7 Å². The third-order valence-corrected chi connectivity index (χ3v) is 13.6. The van der Waals surface area contributed by atoms with Gasteiger partial charge < -0.3 is 83.5 Å². The number of carbonyl (C=O) groups is 8. The van der Waals surface area contributed by atoms with Crippen molar-refractivity contribution in [2.45, 2.75) is 92.5 Å². The molecule has 0 saturated carbocycles. The number of imide groups is 2. The number of nitrogens with one attached hydrogen (secondary N) is 3. The van der Waals surface area contributed by atoms with E-state index >= 15 is 0 Å². The number of ether oxygens (including phenoxy) is 8. The summed E-state index contributed by atoms with van der Waals surface area (Å²) in [4.78, 5) is 119. The van der Waals surface area contributed by atoms with Crippen molar-refractivity contribution >= 4 is 91.7 Å². The largest absolute Gasteiger partial charge is 2.00 e. The zero-order valence-electron chi connectivity index (χ0n) is 51.5. The standard InChI is InChI=1S/C56H71N9O16.2C2H4O2.Gd/c1-7-35-36(8-2)40-28-42-38(12-10-14-65-54(71)50(67)52(69)63-56(65)73)34(4)46(61-42)32-58-44-30-48(81-26-24-79-22-20-77-18-16-75-6)47(80-25-23-78-21-19-76-17-15-74-5)29-43(44)57-31-45-33(3)37(41(60-45)27-39(35)59-40)11-9-13-64-53(70)49(66)51(68)62-55(64)72;2*1-2(3)4;/h27-32,51-52,60,68-69H,7-26H2,1-6H3,(H,62,72)(H,63,73);2*1H3,(H,3,4);/q;;;+2/p-2. The summed E-state index contributed by atoms with van der Waals surface area (Å²) in [6.07, 6.45) is 1.88. The quantitative estimate of drug-likeness (QED) is 0.0467. The normalized spacial score (nSPS) is 15.5. The van der Waals surface area contributed by atoms with Gasteiger partial charge in [0.2, 0.25) is 0 Å². The Kier molecular flexibility index (Phi) is 32.3. The van der Waals surface area contributed by atoms with Crippen molar-refractivity contribution in [1.82, 2.24) is 45.4 Å². The van der Waals surface area contributed by atoms with Crippen LogP contribution in [-0.2, 0) is 63.6 Å². The fraction of sp³-hybridized carbons (Fsp3) is 0.500. The van der Waals surface area contributed by atoms with Gasteiger partial charge in [0.15, 0.2) is 24.0 Å². The van der Waals surface area contributed by atoms with E-state index in [0.29, 0.717) is 135 Å². The molecule has 29 nitrogen and oxygen atoms in total. The molecule has 3 aromatic rings. The number of aliphatic hydroxyl groups excluding tert-OH is 2. The van der Waals surface area contributed by atoms with Gasteiger partial charge in [-0.15, -0.1) is 0 Å². The maximum absolute atomic E-state index is 12.8. The average molecular weight is 1400 g/mol. The van der Waals surface area contributed by atoms with E-state index < -0.39 is 59.8 Å². The minimum atomic E-state index is -1.91. The molecule has 490 valence electrons. The van der Waals surface area contributed by atoms with Gasteiger partial charge >= 0.3 is 63.8 Å². The van der Waals surface area contributed by atoms with Crippen LogP contribution < -0.4 is 30.3 Å². The number of carboxylic acids is 2. The number of Topliss-reactive ketones (excluding diaryl/α,β-unsaturated/α-hetero) is 2. The van der Waals surface area contributed by atoms with Crippen LogP contribution in [0.1, 0.15) is 101 Å². The van der Waals surface area contributed by atoms with Gasteiger partial charge in [0.1, 0.15) is 13.2 Å². The molecule has 0 spiro atoms. The van der Waals surface area contributed by atoms with Crippen LogP contribution in [0.5, 0.6) is 11.5 Å². The number of ketones is 2. The number of methoxy groups -OCH3 is 2. The molecule has 2 unspecified atom stereocenters. The molecular formula is C60H77GdN9O20. The summed E-state index contributed by atoms with van der Waals surface area (Å²) in [6, 6.07) is 5.54. The Morgan fingerprint density at radius 3 is 1.41 bits per heavy atom. The minimum Gasteiger partial charge on any atom is -0.550 e. The van der Waals surface area contributed by atoms with Crippen molar-refractivity contribution in [2.24, 2.45) is 0 Å². The molecule has 2 fully saturated rings. The van der Waals surface area contributed by atoms with E-state index in [1.165, 1.54) is 0 Å². The van der Waals surface area contributed by atoms with Gasteiger partial charge in [-0.05, 0) is 112 Å². The van der Waals surface area contributed by atoms with Gasteiger partial charge in [-0.3, -0.25) is 38.9 Å². The zero-order valence-corrected chi connectivity index (χ0v) is 53.8. The molecule has 6 amide bonds. The van der Waals surface area contributed by atoms with Crippen LogP contribution >= 0.6 is 0 Å². The summed E-state index contributed by atoms with van der Waals surface area (Å²) >= 11 is 0. The number of hydrogen-bond acceptors (Lipinski definition) is 24. The maximum Gasteiger partial charge on any atom is 2.00 e. The number of aromatic amines is 1. The summed E-state index contributed by atoms with van der Waals surface area (Å²) in [5, 5.41) is 41.8. The monoisotopic (exact) mass is 1400 g/mol. The number of hydrogen-bond donors (Lipinski definition) is 5. The molecule has 7 rings (SSSR count). The maximum atomic E-state index is 12.8. The van der Waals surface area contributed by atoms with E-state index in [0.717, 1.165) is 57.1 Å². The number of urea groups is 2. The summed E-state index contributed by atoms with van der Waals surface area (Å²) in [6.45, 7) is 13.6. The van der Waals surface area contributed by atoms with Crippen molar-refractivity contribution in [3.63, 3.8) is 0 Å². The van der Waals surface area contributed by atoms with E-state index in [4.69, 9.17) is 77.6 Å².